The second-order valence-corrected chi connectivity index (χ2v) is 4.40. The van der Waals surface area contributed by atoms with Crippen molar-refractivity contribution in [3.8, 4) is 11.5 Å². The maximum atomic E-state index is 5.30. The van der Waals surface area contributed by atoms with Crippen molar-refractivity contribution in [2.45, 2.75) is 6.04 Å². The number of aromatic nitrogens is 3. The van der Waals surface area contributed by atoms with Gasteiger partial charge in [-0.1, -0.05) is 5.16 Å². The molecule has 0 amide bonds. The summed E-state index contributed by atoms with van der Waals surface area (Å²) in [6.45, 7) is 2.84. The first-order valence-electron chi connectivity index (χ1n) is 5.99. The molecule has 1 aliphatic rings. The molecule has 94 valence electrons. The highest BCUT2D eigenvalue weighted by molar-refractivity contribution is 5.50. The minimum atomic E-state index is 0.174. The topological polar surface area (TPSA) is 67.1 Å². The Morgan fingerprint density at radius 1 is 1.50 bits per heavy atom. The molecular formula is C12H15N5O. The highest BCUT2D eigenvalue weighted by atomic mass is 16.5. The molecule has 0 aliphatic carbocycles. The Hall–Kier alpha value is -1.79. The quantitative estimate of drug-likeness (QED) is 0.840. The first kappa shape index (κ1) is 11.3. The number of nitrogens with zero attached hydrogens (tertiary/aromatic N) is 4. The van der Waals surface area contributed by atoms with Crippen molar-refractivity contribution in [1.82, 2.24) is 25.3 Å². The Labute approximate surface area is 105 Å². The Balaban J connectivity index is 1.85. The molecule has 0 radical (unpaired) electrons. The monoisotopic (exact) mass is 245 g/mol. The molecule has 0 saturated carbocycles. The molecule has 6 nitrogen and oxygen atoms in total. The minimum absolute atomic E-state index is 0.174. The van der Waals surface area contributed by atoms with Gasteiger partial charge in [-0.3, -0.25) is 9.88 Å². The second kappa shape index (κ2) is 4.83. The molecule has 2 aromatic rings. The lowest BCUT2D eigenvalue weighted by Crippen LogP contribution is -2.44. The van der Waals surface area contributed by atoms with E-state index in [1.807, 2.05) is 12.1 Å². The van der Waals surface area contributed by atoms with Crippen molar-refractivity contribution >= 4 is 0 Å². The lowest BCUT2D eigenvalue weighted by Gasteiger charge is -2.30. The van der Waals surface area contributed by atoms with Crippen LogP contribution in [0.15, 0.2) is 29.0 Å². The number of hydrogen-bond donors (Lipinski definition) is 1. The molecule has 1 N–H and O–H groups in total. The van der Waals surface area contributed by atoms with E-state index in [2.05, 4.69) is 32.4 Å². The van der Waals surface area contributed by atoms with Crippen molar-refractivity contribution < 1.29 is 4.52 Å². The molecule has 1 fully saturated rings. The summed E-state index contributed by atoms with van der Waals surface area (Å²) in [5, 5.41) is 7.41. The molecule has 1 aliphatic heterocycles. The highest BCUT2D eigenvalue weighted by Crippen LogP contribution is 2.21. The van der Waals surface area contributed by atoms with Gasteiger partial charge in [-0.15, -0.1) is 0 Å². The van der Waals surface area contributed by atoms with Crippen LogP contribution >= 0.6 is 0 Å². The zero-order valence-corrected chi connectivity index (χ0v) is 10.2. The van der Waals surface area contributed by atoms with Crippen LogP contribution in [0.25, 0.3) is 11.5 Å². The molecule has 0 spiro atoms. The van der Waals surface area contributed by atoms with E-state index in [1.54, 1.807) is 12.4 Å². The summed E-state index contributed by atoms with van der Waals surface area (Å²) in [7, 11) is 2.08. The van der Waals surface area contributed by atoms with E-state index in [9.17, 15) is 0 Å². The van der Waals surface area contributed by atoms with E-state index in [0.29, 0.717) is 5.89 Å². The van der Waals surface area contributed by atoms with Gasteiger partial charge in [0.2, 0.25) is 0 Å². The van der Waals surface area contributed by atoms with Crippen LogP contribution < -0.4 is 5.32 Å². The van der Waals surface area contributed by atoms with Crippen molar-refractivity contribution in [2.75, 3.05) is 26.7 Å². The Kier molecular flexibility index (Phi) is 3.04. The normalized spacial score (nSPS) is 21.1. The summed E-state index contributed by atoms with van der Waals surface area (Å²) < 4.78 is 5.30. The molecule has 18 heavy (non-hydrogen) atoms. The molecule has 3 rings (SSSR count). The molecule has 2 aromatic heterocycles. The lowest BCUT2D eigenvalue weighted by atomic mass is 10.2. The fourth-order valence-corrected chi connectivity index (χ4v) is 2.07. The SMILES string of the molecule is CN1CCNCC1c1noc(-c2cccnc2)n1. The Bertz CT molecular complexity index is 512. The molecule has 0 aromatic carbocycles. The van der Waals surface area contributed by atoms with Crippen molar-refractivity contribution in [2.24, 2.45) is 0 Å². The fraction of sp³-hybridized carbons (Fsp3) is 0.417. The van der Waals surface area contributed by atoms with Crippen LogP contribution in [-0.4, -0.2) is 46.7 Å². The molecule has 0 bridgehead atoms. The number of hydrogen-bond acceptors (Lipinski definition) is 6. The third-order valence-electron chi connectivity index (χ3n) is 3.16. The average molecular weight is 245 g/mol. The third-order valence-corrected chi connectivity index (χ3v) is 3.16. The van der Waals surface area contributed by atoms with E-state index in [-0.39, 0.29) is 6.04 Å². The smallest absolute Gasteiger partial charge is 0.259 e. The van der Waals surface area contributed by atoms with E-state index < -0.39 is 0 Å². The largest absolute Gasteiger partial charge is 0.334 e. The summed E-state index contributed by atoms with van der Waals surface area (Å²) in [5.41, 5.74) is 0.850. The maximum Gasteiger partial charge on any atom is 0.259 e. The number of likely N-dealkylation sites (N-methyl/N-ethyl adjacent to an activating group) is 1. The summed E-state index contributed by atoms with van der Waals surface area (Å²) in [6.07, 6.45) is 3.44. The fourth-order valence-electron chi connectivity index (χ4n) is 2.07. The predicted octanol–water partition coefficient (Wildman–Crippen LogP) is 0.708. The number of nitrogens with one attached hydrogen (secondary N) is 1. The zero-order valence-electron chi connectivity index (χ0n) is 10.2. The molecule has 1 atom stereocenters. The van der Waals surface area contributed by atoms with Gasteiger partial charge in [0.25, 0.3) is 5.89 Å². The van der Waals surface area contributed by atoms with Gasteiger partial charge in [0.15, 0.2) is 5.82 Å². The molecule has 1 unspecified atom stereocenters. The van der Waals surface area contributed by atoms with Crippen LogP contribution in [0.4, 0.5) is 0 Å². The zero-order chi connectivity index (χ0) is 12.4. The molecular weight excluding hydrogens is 230 g/mol. The standard InChI is InChI=1S/C12H15N5O/c1-17-6-5-14-8-10(17)11-15-12(18-16-11)9-3-2-4-13-7-9/h2-4,7,10,14H,5-6,8H2,1H3. The van der Waals surface area contributed by atoms with Crippen molar-refractivity contribution in [3.05, 3.63) is 30.4 Å². The van der Waals surface area contributed by atoms with Gasteiger partial charge in [-0.25, -0.2) is 0 Å². The lowest BCUT2D eigenvalue weighted by molar-refractivity contribution is 0.190. The van der Waals surface area contributed by atoms with E-state index in [4.69, 9.17) is 4.52 Å². The summed E-state index contributed by atoms with van der Waals surface area (Å²) in [5.74, 6) is 1.25. The van der Waals surface area contributed by atoms with Gasteiger partial charge in [0.1, 0.15) is 0 Å². The molecule has 3 heterocycles. The van der Waals surface area contributed by atoms with Crippen molar-refractivity contribution in [3.63, 3.8) is 0 Å². The second-order valence-electron chi connectivity index (χ2n) is 4.40. The summed E-state index contributed by atoms with van der Waals surface area (Å²) in [4.78, 5) is 10.7. The van der Waals surface area contributed by atoms with Crippen LogP contribution in [0.1, 0.15) is 11.9 Å². The predicted molar refractivity (Wildman–Crippen MR) is 65.8 cm³/mol. The van der Waals surface area contributed by atoms with Crippen LogP contribution in [0.2, 0.25) is 0 Å². The highest BCUT2D eigenvalue weighted by Gasteiger charge is 2.25. The van der Waals surface area contributed by atoms with Crippen LogP contribution in [-0.2, 0) is 0 Å². The number of pyridine rings is 1. The van der Waals surface area contributed by atoms with Gasteiger partial charge < -0.3 is 9.84 Å². The van der Waals surface area contributed by atoms with Gasteiger partial charge in [0, 0.05) is 32.0 Å². The van der Waals surface area contributed by atoms with Crippen LogP contribution in [0.3, 0.4) is 0 Å². The molecule has 6 heteroatoms. The first-order chi connectivity index (χ1) is 8.84. The minimum Gasteiger partial charge on any atom is -0.334 e. The van der Waals surface area contributed by atoms with Gasteiger partial charge in [0.05, 0.1) is 11.6 Å². The Morgan fingerprint density at radius 2 is 2.44 bits per heavy atom. The van der Waals surface area contributed by atoms with Gasteiger partial charge in [-0.05, 0) is 19.2 Å². The van der Waals surface area contributed by atoms with E-state index >= 15 is 0 Å². The molecule has 1 saturated heterocycles. The maximum absolute atomic E-state index is 5.30. The number of rotatable bonds is 2. The third kappa shape index (κ3) is 2.12. The van der Waals surface area contributed by atoms with Crippen LogP contribution in [0, 0.1) is 0 Å². The Morgan fingerprint density at radius 3 is 3.22 bits per heavy atom. The number of piperazine rings is 1. The van der Waals surface area contributed by atoms with E-state index in [1.165, 1.54) is 0 Å². The van der Waals surface area contributed by atoms with Crippen molar-refractivity contribution in [1.29, 1.82) is 0 Å². The van der Waals surface area contributed by atoms with Gasteiger partial charge in [-0.2, -0.15) is 4.98 Å². The van der Waals surface area contributed by atoms with Gasteiger partial charge >= 0.3 is 0 Å². The van der Waals surface area contributed by atoms with Crippen LogP contribution in [0.5, 0.6) is 0 Å². The first-order valence-corrected chi connectivity index (χ1v) is 5.99. The van der Waals surface area contributed by atoms with E-state index in [0.717, 1.165) is 31.0 Å². The summed E-state index contributed by atoms with van der Waals surface area (Å²) >= 11 is 0. The summed E-state index contributed by atoms with van der Waals surface area (Å²) in [6, 6.07) is 3.94. The average Bonchev–Trinajstić information content (AvgIpc) is 2.90.